The number of rotatable bonds is 2. The van der Waals surface area contributed by atoms with Crippen LogP contribution in [0.15, 0.2) is 17.1 Å². The number of nitrogen functional groups attached to an aromatic ring is 1. The molecule has 0 bridgehead atoms. The van der Waals surface area contributed by atoms with Crippen molar-refractivity contribution >= 4 is 13.2 Å². The lowest BCUT2D eigenvalue weighted by atomic mass is 10.6. The van der Waals surface area contributed by atoms with Gasteiger partial charge in [0.2, 0.25) is 0 Å². The van der Waals surface area contributed by atoms with E-state index in [4.69, 9.17) is 5.73 Å². The molecule has 0 atom stereocenters. The van der Waals surface area contributed by atoms with Gasteiger partial charge in [0, 0.05) is 6.07 Å². The van der Waals surface area contributed by atoms with E-state index in [-0.39, 0.29) is 11.5 Å². The van der Waals surface area contributed by atoms with Crippen molar-refractivity contribution in [2.24, 2.45) is 0 Å². The van der Waals surface area contributed by atoms with Crippen LogP contribution in [0.3, 0.4) is 0 Å². The molecule has 1 aromatic rings. The molecule has 1 rings (SSSR count). The number of anilines is 1. The first-order chi connectivity index (χ1) is 6.35. The van der Waals surface area contributed by atoms with E-state index in [1.807, 2.05) is 0 Å². The van der Waals surface area contributed by atoms with E-state index >= 15 is 0 Å². The molecule has 0 unspecified atom stereocenters. The normalized spacial score (nSPS) is 12.1. The highest BCUT2D eigenvalue weighted by Gasteiger charge is 2.33. The Morgan fingerprint density at radius 1 is 1.50 bits per heavy atom. The van der Waals surface area contributed by atoms with E-state index in [9.17, 15) is 4.79 Å². The zero-order valence-corrected chi connectivity index (χ0v) is 9.95. The van der Waals surface area contributed by atoms with Crippen molar-refractivity contribution in [3.05, 3.63) is 22.7 Å². The van der Waals surface area contributed by atoms with Crippen LogP contribution >= 0.6 is 7.41 Å². The smallest absolute Gasteiger partial charge is 0.381 e. The molecule has 0 saturated heterocycles. The average molecular weight is 214 g/mol. The Bertz CT molecular complexity index is 384. The molecule has 2 N–H and O–H groups in total. The quantitative estimate of drug-likeness (QED) is 0.754. The second-order valence-corrected chi connectivity index (χ2v) is 8.47. The Morgan fingerprint density at radius 2 is 2.07 bits per heavy atom. The average Bonchev–Trinajstić information content (AvgIpc) is 2.02. The third kappa shape index (κ3) is 1.95. The Kier molecular flexibility index (Phi) is 2.95. The van der Waals surface area contributed by atoms with Crippen molar-refractivity contribution in [3.63, 3.8) is 0 Å². The Hall–Kier alpha value is -0.890. The monoisotopic (exact) mass is 214 g/mol. The Morgan fingerprint density at radius 3 is 2.50 bits per heavy atom. The van der Waals surface area contributed by atoms with Crippen LogP contribution in [-0.4, -0.2) is 28.3 Å². The van der Waals surface area contributed by atoms with E-state index in [1.54, 1.807) is 16.6 Å². The second kappa shape index (κ2) is 3.70. The summed E-state index contributed by atoms with van der Waals surface area (Å²) in [7, 11) is -1.44. The Balaban J connectivity index is 3.27. The summed E-state index contributed by atoms with van der Waals surface area (Å²) < 4.78 is 1.73. The maximum absolute atomic E-state index is 11.6. The van der Waals surface area contributed by atoms with Crippen molar-refractivity contribution in [1.29, 1.82) is 0 Å². The minimum atomic E-state index is -1.44. The van der Waals surface area contributed by atoms with Gasteiger partial charge in [-0.2, -0.15) is 9.32 Å². The van der Waals surface area contributed by atoms with Crippen LogP contribution < -0.4 is 11.4 Å². The molecule has 1 heterocycles. The molecule has 0 amide bonds. The van der Waals surface area contributed by atoms with Gasteiger partial charge >= 0.3 is 5.69 Å². The van der Waals surface area contributed by atoms with Crippen molar-refractivity contribution in [3.8, 4) is 0 Å². The van der Waals surface area contributed by atoms with Crippen LogP contribution in [0.25, 0.3) is 0 Å². The molecule has 0 aliphatic carbocycles. The summed E-state index contributed by atoms with van der Waals surface area (Å²) in [5.41, 5.74) is 5.66. The largest absolute Gasteiger partial charge is 0.383 e. The predicted octanol–water partition coefficient (Wildman–Crippen LogP) is 1.27. The van der Waals surface area contributed by atoms with Gasteiger partial charge in [0.15, 0.2) is 0 Å². The summed E-state index contributed by atoms with van der Waals surface area (Å²) >= 11 is 0. The molecule has 14 heavy (non-hydrogen) atoms. The van der Waals surface area contributed by atoms with Crippen LogP contribution in [0.1, 0.15) is 13.8 Å². The van der Waals surface area contributed by atoms with Crippen LogP contribution in [0.5, 0.6) is 0 Å². The van der Waals surface area contributed by atoms with Crippen LogP contribution in [-0.2, 0) is 0 Å². The van der Waals surface area contributed by atoms with Gasteiger partial charge in [-0.25, -0.2) is 4.79 Å². The van der Waals surface area contributed by atoms with Gasteiger partial charge in [0.25, 0.3) is 0 Å². The van der Waals surface area contributed by atoms with E-state index in [0.29, 0.717) is 5.66 Å². The fraction of sp³-hybridized carbons (Fsp3) is 0.556. The lowest BCUT2D eigenvalue weighted by molar-refractivity contribution is 0.953. The molecule has 5 heteroatoms. The SMILES string of the molecule is CC(C)[P+](C)(C)n1ccc(N)nc1=O. The second-order valence-electron chi connectivity index (χ2n) is 4.05. The van der Waals surface area contributed by atoms with Crippen molar-refractivity contribution in [2.45, 2.75) is 19.5 Å². The number of nitrogens with two attached hydrogens (primary N) is 1. The summed E-state index contributed by atoms with van der Waals surface area (Å²) in [6.07, 6.45) is 1.75. The van der Waals surface area contributed by atoms with E-state index in [2.05, 4.69) is 32.2 Å². The van der Waals surface area contributed by atoms with Crippen LogP contribution in [0.4, 0.5) is 5.82 Å². The summed E-state index contributed by atoms with van der Waals surface area (Å²) in [5.74, 6) is 0.287. The van der Waals surface area contributed by atoms with Crippen molar-refractivity contribution < 1.29 is 0 Å². The highest BCUT2D eigenvalue weighted by atomic mass is 31.2. The maximum Gasteiger partial charge on any atom is 0.381 e. The van der Waals surface area contributed by atoms with Gasteiger partial charge in [-0.3, -0.25) is 0 Å². The van der Waals surface area contributed by atoms with Gasteiger partial charge in [0.05, 0.1) is 25.2 Å². The number of hydrogen-bond acceptors (Lipinski definition) is 3. The fourth-order valence-electron chi connectivity index (χ4n) is 1.05. The molecule has 1 aromatic heterocycles. The van der Waals surface area contributed by atoms with Gasteiger partial charge in [0.1, 0.15) is 13.2 Å². The molecule has 0 fully saturated rings. The standard InChI is InChI=1S/C9H16N3OP/c1-7(2)14(3,4)12-6-5-8(10)11-9(12)13/h5-7H,1-4H3,(H-,10,11,13)/p+1. The minimum Gasteiger partial charge on any atom is -0.383 e. The third-order valence-corrected chi connectivity index (χ3v) is 6.57. The molecule has 4 nitrogen and oxygen atoms in total. The number of aromatic nitrogens is 2. The van der Waals surface area contributed by atoms with E-state index in [1.165, 1.54) is 0 Å². The molecular weight excluding hydrogens is 197 g/mol. The van der Waals surface area contributed by atoms with Crippen molar-refractivity contribution in [1.82, 2.24) is 9.32 Å². The topological polar surface area (TPSA) is 60.9 Å². The zero-order valence-electron chi connectivity index (χ0n) is 9.06. The molecule has 0 spiro atoms. The van der Waals surface area contributed by atoms with Gasteiger partial charge in [-0.05, 0) is 13.8 Å². The molecule has 0 aliphatic rings. The summed E-state index contributed by atoms with van der Waals surface area (Å²) in [4.78, 5) is 15.3. The minimum absolute atomic E-state index is 0.239. The van der Waals surface area contributed by atoms with Crippen molar-refractivity contribution in [2.75, 3.05) is 19.1 Å². The first-order valence-corrected chi connectivity index (χ1v) is 7.26. The zero-order chi connectivity index (χ0) is 10.9. The van der Waals surface area contributed by atoms with E-state index in [0.717, 1.165) is 0 Å². The lowest BCUT2D eigenvalue weighted by Gasteiger charge is -2.22. The third-order valence-electron chi connectivity index (χ3n) is 2.63. The summed E-state index contributed by atoms with van der Waals surface area (Å²) in [6.45, 7) is 8.49. The predicted molar refractivity (Wildman–Crippen MR) is 62.2 cm³/mol. The van der Waals surface area contributed by atoms with E-state index < -0.39 is 7.41 Å². The number of hydrogen-bond donors (Lipinski definition) is 1. The molecule has 78 valence electrons. The van der Waals surface area contributed by atoms with Crippen LogP contribution in [0.2, 0.25) is 0 Å². The highest BCUT2D eigenvalue weighted by molar-refractivity contribution is 7.73. The highest BCUT2D eigenvalue weighted by Crippen LogP contribution is 2.55. The lowest BCUT2D eigenvalue weighted by Crippen LogP contribution is -2.27. The molecular formula is C9H17N3OP+. The molecule has 0 saturated carbocycles. The Labute approximate surface area is 84.5 Å². The number of nitrogens with zero attached hydrogens (tertiary/aromatic N) is 2. The van der Waals surface area contributed by atoms with Gasteiger partial charge in [-0.15, -0.1) is 0 Å². The summed E-state index contributed by atoms with van der Waals surface area (Å²) in [6, 6.07) is 1.67. The maximum atomic E-state index is 11.6. The fourth-order valence-corrected chi connectivity index (χ4v) is 2.44. The van der Waals surface area contributed by atoms with Crippen LogP contribution in [0, 0.1) is 0 Å². The molecule has 0 aromatic carbocycles. The molecule has 0 aliphatic heterocycles. The van der Waals surface area contributed by atoms with Gasteiger partial charge in [-0.1, -0.05) is 0 Å². The summed E-state index contributed by atoms with van der Waals surface area (Å²) in [5, 5.41) is 0. The first kappa shape index (κ1) is 11.2. The first-order valence-electron chi connectivity index (χ1n) is 4.55. The van der Waals surface area contributed by atoms with Gasteiger partial charge < -0.3 is 5.73 Å². The molecule has 0 radical (unpaired) electrons.